The normalized spacial score (nSPS) is 10.0. The first kappa shape index (κ1) is 12.3. The molecule has 1 rings (SSSR count). The highest BCUT2D eigenvalue weighted by Gasteiger charge is 2.03. The third-order valence-electron chi connectivity index (χ3n) is 1.97. The second-order valence-electron chi connectivity index (χ2n) is 3.21. The maximum atomic E-state index is 5.65. The third kappa shape index (κ3) is 4.06. The predicted octanol–water partition coefficient (Wildman–Crippen LogP) is 3.12. The van der Waals surface area contributed by atoms with Gasteiger partial charge in [-0.1, -0.05) is 22.0 Å². The summed E-state index contributed by atoms with van der Waals surface area (Å²) in [5.74, 6) is 0.939. The molecule has 82 valence electrons. The van der Waals surface area contributed by atoms with Crippen LogP contribution in [0.15, 0.2) is 35.3 Å². The Morgan fingerprint density at radius 1 is 1.53 bits per heavy atom. The van der Waals surface area contributed by atoms with Crippen LogP contribution in [-0.2, 0) is 6.54 Å². The lowest BCUT2D eigenvalue weighted by Crippen LogP contribution is -2.08. The quantitative estimate of drug-likeness (QED) is 0.633. The minimum absolute atomic E-state index is 0.682. The lowest BCUT2D eigenvalue weighted by molar-refractivity contribution is 0.321. The zero-order valence-corrected chi connectivity index (χ0v) is 10.5. The average molecular weight is 270 g/mol. The van der Waals surface area contributed by atoms with Crippen molar-refractivity contribution in [3.05, 3.63) is 40.9 Å². The average Bonchev–Trinajstić information content (AvgIpc) is 2.22. The second-order valence-corrected chi connectivity index (χ2v) is 4.12. The van der Waals surface area contributed by atoms with E-state index in [4.69, 9.17) is 4.74 Å². The summed E-state index contributed by atoms with van der Waals surface area (Å²) in [5.41, 5.74) is 1.16. The Hall–Kier alpha value is -0.800. The third-order valence-corrected chi connectivity index (χ3v) is 2.46. The molecule has 0 bridgehead atoms. The fourth-order valence-electron chi connectivity index (χ4n) is 1.27. The van der Waals surface area contributed by atoms with Crippen LogP contribution in [0.3, 0.4) is 0 Å². The minimum Gasteiger partial charge on any atom is -0.493 e. The molecule has 1 N–H and O–H groups in total. The van der Waals surface area contributed by atoms with Crippen molar-refractivity contribution in [3.63, 3.8) is 0 Å². The van der Waals surface area contributed by atoms with Gasteiger partial charge in [0.15, 0.2) is 0 Å². The van der Waals surface area contributed by atoms with Gasteiger partial charge in [-0.25, -0.2) is 0 Å². The summed E-state index contributed by atoms with van der Waals surface area (Å²) in [6, 6.07) is 6.04. The number of rotatable bonds is 6. The Bertz CT molecular complexity index is 325. The van der Waals surface area contributed by atoms with Crippen LogP contribution in [0, 0.1) is 0 Å². The van der Waals surface area contributed by atoms with Gasteiger partial charge in [-0.3, -0.25) is 0 Å². The summed E-state index contributed by atoms with van der Waals surface area (Å²) >= 11 is 3.45. The van der Waals surface area contributed by atoms with E-state index in [-0.39, 0.29) is 0 Å². The smallest absolute Gasteiger partial charge is 0.123 e. The van der Waals surface area contributed by atoms with Gasteiger partial charge in [-0.2, -0.15) is 0 Å². The summed E-state index contributed by atoms with van der Waals surface area (Å²) < 4.78 is 6.73. The number of halogens is 1. The highest BCUT2D eigenvalue weighted by atomic mass is 79.9. The van der Waals surface area contributed by atoms with Crippen LogP contribution in [0.2, 0.25) is 0 Å². The number of benzene rings is 1. The first-order valence-electron chi connectivity index (χ1n) is 4.94. The van der Waals surface area contributed by atoms with Crippen molar-refractivity contribution in [2.75, 3.05) is 13.7 Å². The van der Waals surface area contributed by atoms with E-state index in [0.29, 0.717) is 6.61 Å². The van der Waals surface area contributed by atoms with Gasteiger partial charge >= 0.3 is 0 Å². The van der Waals surface area contributed by atoms with E-state index in [9.17, 15) is 0 Å². The summed E-state index contributed by atoms with van der Waals surface area (Å²) in [6.45, 7) is 5.16. The molecular weight excluding hydrogens is 254 g/mol. The van der Waals surface area contributed by atoms with Gasteiger partial charge < -0.3 is 10.1 Å². The molecular formula is C12H16BrNO. The predicted molar refractivity (Wildman–Crippen MR) is 67.2 cm³/mol. The molecule has 1 aromatic rings. The zero-order chi connectivity index (χ0) is 11.1. The monoisotopic (exact) mass is 269 g/mol. The molecule has 2 nitrogen and oxygen atoms in total. The summed E-state index contributed by atoms with van der Waals surface area (Å²) in [5, 5.41) is 3.12. The molecule has 3 heteroatoms. The first-order chi connectivity index (χ1) is 7.27. The van der Waals surface area contributed by atoms with Crippen LogP contribution in [-0.4, -0.2) is 13.7 Å². The van der Waals surface area contributed by atoms with Crippen molar-refractivity contribution in [3.8, 4) is 5.75 Å². The van der Waals surface area contributed by atoms with Crippen LogP contribution in [0.1, 0.15) is 12.0 Å². The van der Waals surface area contributed by atoms with E-state index < -0.39 is 0 Å². The van der Waals surface area contributed by atoms with E-state index in [1.807, 2.05) is 25.3 Å². The van der Waals surface area contributed by atoms with E-state index >= 15 is 0 Å². The number of ether oxygens (including phenoxy) is 1. The van der Waals surface area contributed by atoms with Crippen molar-refractivity contribution in [2.24, 2.45) is 0 Å². The number of nitrogens with one attached hydrogen (secondary N) is 1. The molecule has 0 spiro atoms. The zero-order valence-electron chi connectivity index (χ0n) is 8.92. The molecule has 0 fully saturated rings. The molecule has 0 saturated heterocycles. The fourth-order valence-corrected chi connectivity index (χ4v) is 1.68. The Morgan fingerprint density at radius 2 is 2.33 bits per heavy atom. The highest BCUT2D eigenvalue weighted by Crippen LogP contribution is 2.23. The molecule has 0 atom stereocenters. The summed E-state index contributed by atoms with van der Waals surface area (Å²) in [7, 11) is 1.93. The topological polar surface area (TPSA) is 21.3 Å². The van der Waals surface area contributed by atoms with E-state index in [0.717, 1.165) is 28.8 Å². The highest BCUT2D eigenvalue weighted by molar-refractivity contribution is 9.10. The maximum absolute atomic E-state index is 5.65. The van der Waals surface area contributed by atoms with Crippen molar-refractivity contribution < 1.29 is 4.74 Å². The van der Waals surface area contributed by atoms with Crippen LogP contribution < -0.4 is 10.1 Å². The van der Waals surface area contributed by atoms with Gasteiger partial charge in [0.25, 0.3) is 0 Å². The van der Waals surface area contributed by atoms with Crippen molar-refractivity contribution in [1.29, 1.82) is 0 Å². The van der Waals surface area contributed by atoms with Gasteiger partial charge in [0.05, 0.1) is 6.61 Å². The second kappa shape index (κ2) is 6.64. The lowest BCUT2D eigenvalue weighted by Gasteiger charge is -2.10. The fraction of sp³-hybridized carbons (Fsp3) is 0.333. The van der Waals surface area contributed by atoms with Gasteiger partial charge in [0, 0.05) is 16.6 Å². The number of hydrogen-bond acceptors (Lipinski definition) is 2. The van der Waals surface area contributed by atoms with Gasteiger partial charge in [0.2, 0.25) is 0 Å². The van der Waals surface area contributed by atoms with E-state index in [1.54, 1.807) is 0 Å². The molecule has 0 amide bonds. The Morgan fingerprint density at radius 3 is 3.00 bits per heavy atom. The van der Waals surface area contributed by atoms with Gasteiger partial charge in [-0.15, -0.1) is 6.58 Å². The van der Waals surface area contributed by atoms with Crippen molar-refractivity contribution in [2.45, 2.75) is 13.0 Å². The number of hydrogen-bond donors (Lipinski definition) is 1. The molecule has 0 aromatic heterocycles. The molecule has 1 aromatic carbocycles. The van der Waals surface area contributed by atoms with E-state index in [1.165, 1.54) is 0 Å². The molecule has 0 radical (unpaired) electrons. The molecule has 15 heavy (non-hydrogen) atoms. The summed E-state index contributed by atoms with van der Waals surface area (Å²) in [4.78, 5) is 0. The maximum Gasteiger partial charge on any atom is 0.123 e. The Balaban J connectivity index is 2.71. The van der Waals surface area contributed by atoms with Gasteiger partial charge in [0.1, 0.15) is 5.75 Å². The standard InChI is InChI=1S/C12H16BrNO/c1-3-4-7-15-12-6-5-11(13)8-10(12)9-14-2/h3,5-6,8,14H,1,4,7,9H2,2H3. The van der Waals surface area contributed by atoms with Crippen LogP contribution in [0.5, 0.6) is 5.75 Å². The largest absolute Gasteiger partial charge is 0.493 e. The Labute approximate surface area is 99.5 Å². The lowest BCUT2D eigenvalue weighted by atomic mass is 10.2. The van der Waals surface area contributed by atoms with Crippen molar-refractivity contribution in [1.82, 2.24) is 5.32 Å². The Kier molecular flexibility index (Phi) is 5.43. The molecule has 0 unspecified atom stereocenters. The summed E-state index contributed by atoms with van der Waals surface area (Å²) in [6.07, 6.45) is 2.73. The molecule has 0 aliphatic heterocycles. The van der Waals surface area contributed by atoms with Crippen molar-refractivity contribution >= 4 is 15.9 Å². The first-order valence-corrected chi connectivity index (χ1v) is 5.74. The van der Waals surface area contributed by atoms with E-state index in [2.05, 4.69) is 33.9 Å². The molecule has 0 aliphatic carbocycles. The molecule has 0 saturated carbocycles. The van der Waals surface area contributed by atoms with Crippen LogP contribution in [0.4, 0.5) is 0 Å². The minimum atomic E-state index is 0.682. The molecule has 0 heterocycles. The van der Waals surface area contributed by atoms with Crippen LogP contribution >= 0.6 is 15.9 Å². The molecule has 0 aliphatic rings. The van der Waals surface area contributed by atoms with Gasteiger partial charge in [-0.05, 0) is 31.7 Å². The van der Waals surface area contributed by atoms with Crippen LogP contribution in [0.25, 0.3) is 0 Å². The SMILES string of the molecule is C=CCCOc1ccc(Br)cc1CNC.